The number of piperidine rings is 1. The fourth-order valence-corrected chi connectivity index (χ4v) is 3.03. The predicted octanol–water partition coefficient (Wildman–Crippen LogP) is 2.91. The lowest BCUT2D eigenvalue weighted by Crippen LogP contribution is -2.35. The largest absolute Gasteiger partial charge is 0.357 e. The van der Waals surface area contributed by atoms with Gasteiger partial charge in [0.2, 0.25) is 0 Å². The van der Waals surface area contributed by atoms with Crippen molar-refractivity contribution in [3.8, 4) is 0 Å². The molecule has 1 N–H and O–H groups in total. The van der Waals surface area contributed by atoms with Gasteiger partial charge in [-0.15, -0.1) is 11.8 Å². The van der Waals surface area contributed by atoms with Gasteiger partial charge >= 0.3 is 0 Å². The summed E-state index contributed by atoms with van der Waals surface area (Å²) in [5, 5.41) is 10.2. The molecular formula is C13H20N2OS. The molecular weight excluding hydrogens is 232 g/mol. The van der Waals surface area contributed by atoms with Crippen molar-refractivity contribution in [1.82, 2.24) is 5.32 Å². The quantitative estimate of drug-likeness (QED) is 0.779. The topological polar surface area (TPSA) is 33.6 Å². The third kappa shape index (κ3) is 3.13. The highest BCUT2D eigenvalue weighted by molar-refractivity contribution is 8.03. The van der Waals surface area contributed by atoms with Gasteiger partial charge < -0.3 is 10.2 Å². The van der Waals surface area contributed by atoms with E-state index < -0.39 is 0 Å². The predicted molar refractivity (Wildman–Crippen MR) is 74.1 cm³/mol. The fourth-order valence-electron chi connectivity index (χ4n) is 2.12. The van der Waals surface area contributed by atoms with Crippen molar-refractivity contribution in [2.24, 2.45) is 11.1 Å². The first-order valence-electron chi connectivity index (χ1n) is 6.15. The van der Waals surface area contributed by atoms with Crippen LogP contribution in [0.15, 0.2) is 28.5 Å². The van der Waals surface area contributed by atoms with Crippen molar-refractivity contribution < 1.29 is 4.84 Å². The van der Waals surface area contributed by atoms with E-state index in [4.69, 9.17) is 4.84 Å². The molecule has 0 aliphatic carbocycles. The average molecular weight is 252 g/mol. The Morgan fingerprint density at radius 2 is 2.18 bits per heavy atom. The Hall–Kier alpha value is -0.740. The first-order chi connectivity index (χ1) is 8.18. The molecule has 2 aliphatic rings. The second kappa shape index (κ2) is 5.74. The first-order valence-corrected chi connectivity index (χ1v) is 7.10. The number of nitrogens with one attached hydrogen (secondary N) is 1. The molecule has 0 aromatic heterocycles. The van der Waals surface area contributed by atoms with Crippen LogP contribution >= 0.6 is 11.8 Å². The lowest BCUT2D eigenvalue weighted by molar-refractivity contribution is 0.232. The molecule has 1 unspecified atom stereocenters. The maximum atomic E-state index is 5.42. The molecule has 1 fully saturated rings. The maximum Gasteiger partial charge on any atom is 0.154 e. The van der Waals surface area contributed by atoms with E-state index in [0.29, 0.717) is 16.9 Å². The van der Waals surface area contributed by atoms with Crippen LogP contribution in [0.2, 0.25) is 0 Å². The number of allylic oxidation sites excluding steroid dienone is 1. The SMILES string of the molecule is C=C1O/N=C(/C2CCNCC2)C(C)S/C=C\1C. The highest BCUT2D eigenvalue weighted by Gasteiger charge is 2.25. The van der Waals surface area contributed by atoms with Gasteiger partial charge in [0.25, 0.3) is 0 Å². The van der Waals surface area contributed by atoms with E-state index in [2.05, 4.69) is 29.4 Å². The summed E-state index contributed by atoms with van der Waals surface area (Å²) in [5.41, 5.74) is 2.25. The van der Waals surface area contributed by atoms with Crippen LogP contribution in [-0.4, -0.2) is 24.1 Å². The number of nitrogens with zero attached hydrogens (tertiary/aromatic N) is 1. The third-order valence-corrected chi connectivity index (χ3v) is 4.46. The smallest absolute Gasteiger partial charge is 0.154 e. The number of thioether (sulfide) groups is 1. The van der Waals surface area contributed by atoms with Gasteiger partial charge in [0.1, 0.15) is 0 Å². The summed E-state index contributed by atoms with van der Waals surface area (Å²) in [7, 11) is 0. The summed E-state index contributed by atoms with van der Waals surface area (Å²) >= 11 is 1.81. The minimum Gasteiger partial charge on any atom is -0.357 e. The molecule has 17 heavy (non-hydrogen) atoms. The zero-order valence-corrected chi connectivity index (χ0v) is 11.3. The zero-order valence-electron chi connectivity index (χ0n) is 10.5. The molecule has 2 aliphatic heterocycles. The van der Waals surface area contributed by atoms with Gasteiger partial charge in [-0.3, -0.25) is 0 Å². The van der Waals surface area contributed by atoms with E-state index >= 15 is 0 Å². The van der Waals surface area contributed by atoms with E-state index in [1.54, 1.807) is 0 Å². The molecule has 0 aromatic rings. The van der Waals surface area contributed by atoms with Gasteiger partial charge in [0.05, 0.1) is 5.71 Å². The van der Waals surface area contributed by atoms with Crippen molar-refractivity contribution in [3.05, 3.63) is 23.3 Å². The molecule has 1 atom stereocenters. The zero-order chi connectivity index (χ0) is 12.3. The molecule has 4 heteroatoms. The summed E-state index contributed by atoms with van der Waals surface area (Å²) in [6, 6.07) is 0. The molecule has 0 spiro atoms. The van der Waals surface area contributed by atoms with Crippen molar-refractivity contribution in [2.75, 3.05) is 13.1 Å². The molecule has 0 amide bonds. The average Bonchev–Trinajstić information content (AvgIpc) is 2.36. The highest BCUT2D eigenvalue weighted by atomic mass is 32.2. The molecule has 2 rings (SSSR count). The number of rotatable bonds is 1. The van der Waals surface area contributed by atoms with Crippen LogP contribution in [0.5, 0.6) is 0 Å². The van der Waals surface area contributed by atoms with E-state index in [9.17, 15) is 0 Å². The Balaban J connectivity index is 2.12. The monoisotopic (exact) mass is 252 g/mol. The van der Waals surface area contributed by atoms with Crippen LogP contribution in [-0.2, 0) is 4.84 Å². The summed E-state index contributed by atoms with van der Waals surface area (Å²) < 4.78 is 0. The van der Waals surface area contributed by atoms with Gasteiger partial charge in [-0.2, -0.15) is 0 Å². The van der Waals surface area contributed by atoms with E-state index in [1.807, 2.05) is 18.7 Å². The maximum absolute atomic E-state index is 5.42. The summed E-state index contributed by atoms with van der Waals surface area (Å²) in [6.07, 6.45) is 2.31. The van der Waals surface area contributed by atoms with E-state index in [0.717, 1.165) is 31.5 Å². The van der Waals surface area contributed by atoms with Gasteiger partial charge in [-0.05, 0) is 45.2 Å². The van der Waals surface area contributed by atoms with Crippen molar-refractivity contribution in [2.45, 2.75) is 31.9 Å². The summed E-state index contributed by atoms with van der Waals surface area (Å²) in [5.74, 6) is 1.22. The Morgan fingerprint density at radius 3 is 2.88 bits per heavy atom. The van der Waals surface area contributed by atoms with Crippen LogP contribution in [0.4, 0.5) is 0 Å². The van der Waals surface area contributed by atoms with Gasteiger partial charge in [0, 0.05) is 16.7 Å². The minimum atomic E-state index is 0.390. The second-order valence-electron chi connectivity index (χ2n) is 4.63. The van der Waals surface area contributed by atoms with Gasteiger partial charge in [-0.1, -0.05) is 11.7 Å². The molecule has 1 saturated heterocycles. The normalized spacial score (nSPS) is 33.8. The standard InChI is InChI=1S/C13H20N2OS/c1-9-8-17-11(3)13(15-16-10(9)2)12-4-6-14-7-5-12/h8,11-12,14H,2,4-7H2,1,3H3/b9-8-,15-13+. The van der Waals surface area contributed by atoms with Crippen LogP contribution in [0.25, 0.3) is 0 Å². The highest BCUT2D eigenvalue weighted by Crippen LogP contribution is 2.28. The number of hydrogen-bond acceptors (Lipinski definition) is 4. The van der Waals surface area contributed by atoms with Crippen LogP contribution in [0, 0.1) is 5.92 Å². The Bertz CT molecular complexity index is 356. The summed E-state index contributed by atoms with van der Waals surface area (Å²) in [4.78, 5) is 5.42. The molecule has 94 valence electrons. The van der Waals surface area contributed by atoms with E-state index in [1.165, 1.54) is 5.71 Å². The van der Waals surface area contributed by atoms with Crippen molar-refractivity contribution in [1.29, 1.82) is 0 Å². The van der Waals surface area contributed by atoms with Gasteiger partial charge in [-0.25, -0.2) is 0 Å². The van der Waals surface area contributed by atoms with Crippen molar-refractivity contribution in [3.63, 3.8) is 0 Å². The van der Waals surface area contributed by atoms with Crippen LogP contribution < -0.4 is 5.32 Å². The lowest BCUT2D eigenvalue weighted by Gasteiger charge is -2.27. The van der Waals surface area contributed by atoms with Crippen LogP contribution in [0.3, 0.4) is 0 Å². The lowest BCUT2D eigenvalue weighted by atomic mass is 9.91. The molecule has 0 radical (unpaired) electrons. The Morgan fingerprint density at radius 1 is 1.47 bits per heavy atom. The Labute approximate surface area is 107 Å². The van der Waals surface area contributed by atoms with Crippen molar-refractivity contribution >= 4 is 17.5 Å². The minimum absolute atomic E-state index is 0.390. The Kier molecular flexibility index (Phi) is 4.29. The molecule has 2 heterocycles. The van der Waals surface area contributed by atoms with Crippen LogP contribution in [0.1, 0.15) is 26.7 Å². The third-order valence-electron chi connectivity index (χ3n) is 3.32. The molecule has 0 saturated carbocycles. The second-order valence-corrected chi connectivity index (χ2v) is 5.85. The van der Waals surface area contributed by atoms with Gasteiger partial charge in [0.15, 0.2) is 5.76 Å². The number of hydrogen-bond donors (Lipinski definition) is 1. The fraction of sp³-hybridized carbons (Fsp3) is 0.615. The van der Waals surface area contributed by atoms with E-state index in [-0.39, 0.29) is 0 Å². The number of oxime groups is 1. The molecule has 0 aromatic carbocycles. The first kappa shape index (κ1) is 12.7. The summed E-state index contributed by atoms with van der Waals surface area (Å²) in [6.45, 7) is 10.2. The molecule has 3 nitrogen and oxygen atoms in total. The molecule has 0 bridgehead atoms.